The standard InChI is InChI=1S/C17H24FN3/c1-12(2)10-21-11-14(4)20-17(21)19-13(3)9-15-5-7-16(18)8-6-15/h5-8,11-13H,9-10H2,1-4H3,(H,19,20). The molecule has 0 spiro atoms. The van der Waals surface area contributed by atoms with Crippen LogP contribution >= 0.6 is 0 Å². The molecule has 1 aromatic carbocycles. The number of rotatable bonds is 6. The zero-order chi connectivity index (χ0) is 15.4. The number of nitrogens with zero attached hydrogens (tertiary/aromatic N) is 2. The monoisotopic (exact) mass is 289 g/mol. The molecule has 1 N–H and O–H groups in total. The van der Waals surface area contributed by atoms with E-state index in [9.17, 15) is 4.39 Å². The molecule has 0 saturated heterocycles. The molecule has 1 unspecified atom stereocenters. The lowest BCUT2D eigenvalue weighted by Crippen LogP contribution is -2.21. The van der Waals surface area contributed by atoms with Gasteiger partial charge in [-0.05, 0) is 43.9 Å². The summed E-state index contributed by atoms with van der Waals surface area (Å²) in [5, 5.41) is 3.46. The van der Waals surface area contributed by atoms with Gasteiger partial charge in [-0.1, -0.05) is 26.0 Å². The number of aromatic nitrogens is 2. The fraction of sp³-hybridized carbons (Fsp3) is 0.471. The Kier molecular flexibility index (Phi) is 4.99. The van der Waals surface area contributed by atoms with E-state index in [-0.39, 0.29) is 11.9 Å². The Morgan fingerprint density at radius 2 is 1.86 bits per heavy atom. The summed E-state index contributed by atoms with van der Waals surface area (Å²) in [6, 6.07) is 6.92. The van der Waals surface area contributed by atoms with Crippen LogP contribution in [0.15, 0.2) is 30.5 Å². The van der Waals surface area contributed by atoms with Crippen LogP contribution in [0.5, 0.6) is 0 Å². The first-order valence-electron chi connectivity index (χ1n) is 7.49. The minimum atomic E-state index is -0.192. The van der Waals surface area contributed by atoms with Gasteiger partial charge in [-0.3, -0.25) is 0 Å². The van der Waals surface area contributed by atoms with Crippen molar-refractivity contribution in [1.82, 2.24) is 9.55 Å². The highest BCUT2D eigenvalue weighted by molar-refractivity contribution is 5.31. The molecule has 0 aliphatic carbocycles. The van der Waals surface area contributed by atoms with Crippen LogP contribution in [-0.4, -0.2) is 15.6 Å². The smallest absolute Gasteiger partial charge is 0.203 e. The van der Waals surface area contributed by atoms with E-state index >= 15 is 0 Å². The molecule has 0 aliphatic rings. The van der Waals surface area contributed by atoms with Gasteiger partial charge in [-0.25, -0.2) is 9.37 Å². The Labute approximate surface area is 126 Å². The van der Waals surface area contributed by atoms with Crippen molar-refractivity contribution >= 4 is 5.95 Å². The van der Waals surface area contributed by atoms with Crippen molar-refractivity contribution in [2.75, 3.05) is 5.32 Å². The molecule has 114 valence electrons. The van der Waals surface area contributed by atoms with Gasteiger partial charge in [0.25, 0.3) is 0 Å². The second-order valence-corrected chi connectivity index (χ2v) is 6.13. The number of halogens is 1. The SMILES string of the molecule is Cc1cn(CC(C)C)c(NC(C)Cc2ccc(F)cc2)n1. The lowest BCUT2D eigenvalue weighted by molar-refractivity contribution is 0.524. The van der Waals surface area contributed by atoms with Gasteiger partial charge >= 0.3 is 0 Å². The molecule has 4 heteroatoms. The molecule has 0 amide bonds. The number of aryl methyl sites for hydroxylation is 1. The molecule has 0 fully saturated rings. The van der Waals surface area contributed by atoms with E-state index in [0.29, 0.717) is 5.92 Å². The largest absolute Gasteiger partial charge is 0.353 e. The third-order valence-electron chi connectivity index (χ3n) is 3.29. The molecule has 0 bridgehead atoms. The van der Waals surface area contributed by atoms with Crippen LogP contribution in [0.4, 0.5) is 10.3 Å². The molecule has 1 heterocycles. The lowest BCUT2D eigenvalue weighted by atomic mass is 10.1. The quantitative estimate of drug-likeness (QED) is 0.870. The predicted molar refractivity (Wildman–Crippen MR) is 85.0 cm³/mol. The molecule has 0 aliphatic heterocycles. The molecular weight excluding hydrogens is 265 g/mol. The third-order valence-corrected chi connectivity index (χ3v) is 3.29. The van der Waals surface area contributed by atoms with Gasteiger partial charge in [0.15, 0.2) is 0 Å². The molecule has 21 heavy (non-hydrogen) atoms. The van der Waals surface area contributed by atoms with Gasteiger partial charge in [0.05, 0.1) is 5.69 Å². The Bertz CT molecular complexity index is 572. The maximum absolute atomic E-state index is 12.9. The van der Waals surface area contributed by atoms with Gasteiger partial charge in [0.2, 0.25) is 5.95 Å². The van der Waals surface area contributed by atoms with Gasteiger partial charge in [0, 0.05) is 18.8 Å². The molecule has 2 rings (SSSR count). The van der Waals surface area contributed by atoms with E-state index in [2.05, 4.69) is 41.8 Å². The van der Waals surface area contributed by atoms with E-state index in [1.165, 1.54) is 12.1 Å². The third kappa shape index (κ3) is 4.59. The van der Waals surface area contributed by atoms with Crippen LogP contribution in [0, 0.1) is 18.7 Å². The molecule has 2 aromatic rings. The van der Waals surface area contributed by atoms with Gasteiger partial charge in [-0.15, -0.1) is 0 Å². The number of anilines is 1. The van der Waals surface area contributed by atoms with Crippen molar-refractivity contribution in [3.8, 4) is 0 Å². The first kappa shape index (κ1) is 15.5. The molecular formula is C17H24FN3. The summed E-state index contributed by atoms with van der Waals surface area (Å²) in [4.78, 5) is 4.55. The highest BCUT2D eigenvalue weighted by atomic mass is 19.1. The summed E-state index contributed by atoms with van der Waals surface area (Å²) >= 11 is 0. The number of nitrogens with one attached hydrogen (secondary N) is 1. The van der Waals surface area contributed by atoms with Gasteiger partial charge in [0.1, 0.15) is 5.82 Å². The lowest BCUT2D eigenvalue weighted by Gasteiger charge is -2.17. The maximum atomic E-state index is 12.9. The van der Waals surface area contributed by atoms with Crippen LogP contribution in [-0.2, 0) is 13.0 Å². The Morgan fingerprint density at radius 3 is 2.48 bits per heavy atom. The van der Waals surface area contributed by atoms with Crippen molar-refractivity contribution < 1.29 is 4.39 Å². The average molecular weight is 289 g/mol. The molecule has 1 aromatic heterocycles. The Balaban J connectivity index is 2.02. The minimum absolute atomic E-state index is 0.192. The zero-order valence-corrected chi connectivity index (χ0v) is 13.2. The summed E-state index contributed by atoms with van der Waals surface area (Å²) < 4.78 is 15.1. The normalized spacial score (nSPS) is 12.7. The second-order valence-electron chi connectivity index (χ2n) is 6.13. The highest BCUT2D eigenvalue weighted by Gasteiger charge is 2.10. The molecule has 3 nitrogen and oxygen atoms in total. The Hall–Kier alpha value is -1.84. The topological polar surface area (TPSA) is 29.9 Å². The molecule has 0 saturated carbocycles. The van der Waals surface area contributed by atoms with Crippen molar-refractivity contribution in [1.29, 1.82) is 0 Å². The molecule has 0 radical (unpaired) electrons. The zero-order valence-electron chi connectivity index (χ0n) is 13.2. The molecule has 1 atom stereocenters. The number of hydrogen-bond acceptors (Lipinski definition) is 2. The van der Waals surface area contributed by atoms with Crippen LogP contribution in [0.3, 0.4) is 0 Å². The van der Waals surface area contributed by atoms with Crippen LogP contribution < -0.4 is 5.32 Å². The number of hydrogen-bond donors (Lipinski definition) is 1. The van der Waals surface area contributed by atoms with E-state index in [1.54, 1.807) is 0 Å². The number of imidazole rings is 1. The van der Waals surface area contributed by atoms with Crippen LogP contribution in [0.1, 0.15) is 32.0 Å². The van der Waals surface area contributed by atoms with Crippen LogP contribution in [0.25, 0.3) is 0 Å². The van der Waals surface area contributed by atoms with Gasteiger partial charge in [-0.2, -0.15) is 0 Å². The summed E-state index contributed by atoms with van der Waals surface area (Å²) in [5.41, 5.74) is 2.14. The summed E-state index contributed by atoms with van der Waals surface area (Å²) in [5.74, 6) is 1.30. The number of benzene rings is 1. The van der Waals surface area contributed by atoms with E-state index < -0.39 is 0 Å². The first-order chi connectivity index (χ1) is 9.94. The van der Waals surface area contributed by atoms with Crippen molar-refractivity contribution in [3.05, 3.63) is 47.5 Å². The van der Waals surface area contributed by atoms with Crippen molar-refractivity contribution in [2.45, 2.75) is 46.7 Å². The fourth-order valence-corrected chi connectivity index (χ4v) is 2.44. The average Bonchev–Trinajstić information content (AvgIpc) is 2.71. The van der Waals surface area contributed by atoms with E-state index in [0.717, 1.165) is 30.2 Å². The first-order valence-corrected chi connectivity index (χ1v) is 7.49. The van der Waals surface area contributed by atoms with E-state index in [4.69, 9.17) is 0 Å². The maximum Gasteiger partial charge on any atom is 0.203 e. The Morgan fingerprint density at radius 1 is 1.19 bits per heavy atom. The second kappa shape index (κ2) is 6.74. The summed E-state index contributed by atoms with van der Waals surface area (Å²) in [7, 11) is 0. The van der Waals surface area contributed by atoms with Crippen molar-refractivity contribution in [3.63, 3.8) is 0 Å². The van der Waals surface area contributed by atoms with Crippen LogP contribution in [0.2, 0.25) is 0 Å². The fourth-order valence-electron chi connectivity index (χ4n) is 2.44. The van der Waals surface area contributed by atoms with Crippen molar-refractivity contribution in [2.24, 2.45) is 5.92 Å². The van der Waals surface area contributed by atoms with Gasteiger partial charge < -0.3 is 9.88 Å². The predicted octanol–water partition coefficient (Wildman–Crippen LogP) is 4.03. The summed E-state index contributed by atoms with van der Waals surface area (Å²) in [6.45, 7) is 9.47. The van der Waals surface area contributed by atoms with E-state index in [1.807, 2.05) is 19.1 Å². The highest BCUT2D eigenvalue weighted by Crippen LogP contribution is 2.14. The minimum Gasteiger partial charge on any atom is -0.353 e. The summed E-state index contributed by atoms with van der Waals surface area (Å²) in [6.07, 6.45) is 2.92.